The van der Waals surface area contributed by atoms with Gasteiger partial charge in [0, 0.05) is 10.6 Å². The van der Waals surface area contributed by atoms with Crippen molar-refractivity contribution in [3.8, 4) is 0 Å². The molecule has 0 aliphatic rings. The van der Waals surface area contributed by atoms with E-state index in [-0.39, 0.29) is 0 Å². The summed E-state index contributed by atoms with van der Waals surface area (Å²) in [4.78, 5) is 1.42. The summed E-state index contributed by atoms with van der Waals surface area (Å²) in [5.41, 5.74) is 0. The Morgan fingerprint density at radius 3 is 3.00 bits per heavy atom. The van der Waals surface area contributed by atoms with Crippen molar-refractivity contribution in [2.24, 2.45) is 0 Å². The molecule has 0 amide bonds. The minimum Gasteiger partial charge on any atom is -0.157 e. The fourth-order valence-electron chi connectivity index (χ4n) is 1.35. The first-order valence-electron chi connectivity index (χ1n) is 4.56. The van der Waals surface area contributed by atoms with E-state index >= 15 is 0 Å². The van der Waals surface area contributed by atoms with Crippen molar-refractivity contribution < 1.29 is 0 Å². The molecule has 0 N–H and O–H groups in total. The largest absolute Gasteiger partial charge is 0.157 e. The van der Waals surface area contributed by atoms with Gasteiger partial charge in [-0.25, -0.2) is 0 Å². The third kappa shape index (κ3) is 2.08. The molecule has 14 heavy (non-hydrogen) atoms. The van der Waals surface area contributed by atoms with Crippen LogP contribution in [0.5, 0.6) is 0 Å². The minimum absolute atomic E-state index is 0.875. The van der Waals surface area contributed by atoms with Gasteiger partial charge in [-0.15, -0.1) is 11.3 Å². The van der Waals surface area contributed by atoms with Crippen molar-refractivity contribution in [2.45, 2.75) is 12.7 Å². The summed E-state index contributed by atoms with van der Waals surface area (Å²) >= 11 is 9.87. The molecule has 0 nitrogen and oxygen atoms in total. The number of thioether (sulfide) groups is 1. The summed E-state index contributed by atoms with van der Waals surface area (Å²) in [7, 11) is 0. The highest BCUT2D eigenvalue weighted by molar-refractivity contribution is 7.98. The maximum Gasteiger partial charge on any atom is 0.0584 e. The van der Waals surface area contributed by atoms with Gasteiger partial charge in [0.1, 0.15) is 0 Å². The van der Waals surface area contributed by atoms with Crippen molar-refractivity contribution in [3.63, 3.8) is 0 Å². The first-order valence-corrected chi connectivity index (χ1v) is 6.91. The topological polar surface area (TPSA) is 0 Å². The van der Waals surface area contributed by atoms with Gasteiger partial charge in [0.25, 0.3) is 0 Å². The Hall–Kier alpha value is -0.180. The molecule has 0 atom stereocenters. The summed E-state index contributed by atoms with van der Waals surface area (Å²) in [5, 5.41) is 2.15. The smallest absolute Gasteiger partial charge is 0.0584 e. The maximum absolute atomic E-state index is 6.11. The van der Waals surface area contributed by atoms with Gasteiger partial charge in [0.05, 0.1) is 9.72 Å². The van der Waals surface area contributed by atoms with Crippen LogP contribution in [0.25, 0.3) is 10.1 Å². The third-order valence-electron chi connectivity index (χ3n) is 2.00. The number of rotatable bonds is 3. The van der Waals surface area contributed by atoms with Gasteiger partial charge in [0.15, 0.2) is 0 Å². The summed E-state index contributed by atoms with van der Waals surface area (Å²) < 4.78 is 1.22. The molecule has 0 saturated carbocycles. The molecule has 3 heteroatoms. The molecule has 0 radical (unpaired) electrons. The van der Waals surface area contributed by atoms with E-state index in [2.05, 4.69) is 19.1 Å². The summed E-state index contributed by atoms with van der Waals surface area (Å²) in [6.45, 7) is 2.19. The number of hydrogen-bond donors (Lipinski definition) is 0. The van der Waals surface area contributed by atoms with Gasteiger partial charge in [-0.3, -0.25) is 0 Å². The van der Waals surface area contributed by atoms with E-state index in [1.807, 2.05) is 35.2 Å². The second kappa shape index (κ2) is 4.56. The van der Waals surface area contributed by atoms with E-state index in [0.717, 1.165) is 10.8 Å². The Morgan fingerprint density at radius 1 is 1.43 bits per heavy atom. The standard InChI is InChI=1S/C11H11ClS2/c1-2-13-7-9-6-8-4-3-5-10(12)11(8)14-9/h3-6H,2,7H2,1H3. The Labute approximate surface area is 97.3 Å². The zero-order valence-corrected chi connectivity index (χ0v) is 10.3. The summed E-state index contributed by atoms with van der Waals surface area (Å²) in [6.07, 6.45) is 0. The van der Waals surface area contributed by atoms with Crippen LogP contribution in [0.1, 0.15) is 11.8 Å². The lowest BCUT2D eigenvalue weighted by Crippen LogP contribution is -1.71. The normalized spacial score (nSPS) is 11.0. The maximum atomic E-state index is 6.11. The molecule has 0 unspecified atom stereocenters. The molecule has 0 bridgehead atoms. The summed E-state index contributed by atoms with van der Waals surface area (Å²) in [5.74, 6) is 2.27. The second-order valence-corrected chi connectivity index (χ2v) is 5.83. The minimum atomic E-state index is 0.875. The number of hydrogen-bond acceptors (Lipinski definition) is 2. The second-order valence-electron chi connectivity index (χ2n) is 3.01. The Balaban J connectivity index is 2.36. The molecule has 0 spiro atoms. The molecule has 0 saturated heterocycles. The predicted molar refractivity (Wildman–Crippen MR) is 68.7 cm³/mol. The molecule has 1 heterocycles. The van der Waals surface area contributed by atoms with E-state index in [9.17, 15) is 0 Å². The van der Waals surface area contributed by atoms with Crippen LogP contribution >= 0.6 is 34.7 Å². The molecule has 2 rings (SSSR count). The zero-order valence-electron chi connectivity index (χ0n) is 7.92. The average Bonchev–Trinajstić information content (AvgIpc) is 2.59. The van der Waals surface area contributed by atoms with E-state index in [4.69, 9.17) is 11.6 Å². The lowest BCUT2D eigenvalue weighted by molar-refractivity contribution is 1.47. The highest BCUT2D eigenvalue weighted by Crippen LogP contribution is 2.33. The van der Waals surface area contributed by atoms with Crippen molar-refractivity contribution in [2.75, 3.05) is 5.75 Å². The average molecular weight is 243 g/mol. The van der Waals surface area contributed by atoms with Crippen LogP contribution in [-0.4, -0.2) is 5.75 Å². The highest BCUT2D eigenvalue weighted by atomic mass is 35.5. The number of thiophene rings is 1. The van der Waals surface area contributed by atoms with Crippen LogP contribution in [0.4, 0.5) is 0 Å². The van der Waals surface area contributed by atoms with Crippen molar-refractivity contribution in [3.05, 3.63) is 34.2 Å². The first kappa shape index (κ1) is 10.3. The first-order chi connectivity index (χ1) is 6.81. The van der Waals surface area contributed by atoms with Gasteiger partial charge < -0.3 is 0 Å². The molecule has 2 aromatic rings. The Kier molecular flexibility index (Phi) is 3.37. The van der Waals surface area contributed by atoms with Gasteiger partial charge in [0.2, 0.25) is 0 Å². The predicted octanol–water partition coefficient (Wildman–Crippen LogP) is 4.81. The Bertz CT molecular complexity index is 434. The molecule has 0 fully saturated rings. The lowest BCUT2D eigenvalue weighted by Gasteiger charge is -1.91. The van der Waals surface area contributed by atoms with Gasteiger partial charge in [-0.05, 0) is 23.3 Å². The van der Waals surface area contributed by atoms with Crippen molar-refractivity contribution >= 4 is 44.8 Å². The molecule has 0 aliphatic carbocycles. The summed E-state index contributed by atoms with van der Waals surface area (Å²) in [6, 6.07) is 8.33. The van der Waals surface area contributed by atoms with Gasteiger partial charge in [-0.2, -0.15) is 11.8 Å². The fraction of sp³-hybridized carbons (Fsp3) is 0.273. The molecular formula is C11H11ClS2. The van der Waals surface area contributed by atoms with Crippen LogP contribution in [0.3, 0.4) is 0 Å². The van der Waals surface area contributed by atoms with E-state index in [1.165, 1.54) is 20.7 Å². The van der Waals surface area contributed by atoms with Crippen LogP contribution in [0.15, 0.2) is 24.3 Å². The lowest BCUT2D eigenvalue weighted by atomic mass is 10.2. The quantitative estimate of drug-likeness (QED) is 0.745. The van der Waals surface area contributed by atoms with Crippen LogP contribution in [0, 0.1) is 0 Å². The Morgan fingerprint density at radius 2 is 2.29 bits per heavy atom. The molecule has 1 aromatic carbocycles. The van der Waals surface area contributed by atoms with Crippen LogP contribution in [-0.2, 0) is 5.75 Å². The molecule has 0 aliphatic heterocycles. The van der Waals surface area contributed by atoms with Gasteiger partial charge in [-0.1, -0.05) is 30.7 Å². The fourth-order valence-corrected chi connectivity index (χ4v) is 3.49. The van der Waals surface area contributed by atoms with Crippen LogP contribution in [0.2, 0.25) is 5.02 Å². The van der Waals surface area contributed by atoms with Crippen molar-refractivity contribution in [1.82, 2.24) is 0 Å². The highest BCUT2D eigenvalue weighted by Gasteiger charge is 2.04. The zero-order chi connectivity index (χ0) is 9.97. The van der Waals surface area contributed by atoms with E-state index in [0.29, 0.717) is 0 Å². The van der Waals surface area contributed by atoms with Crippen LogP contribution < -0.4 is 0 Å². The SMILES string of the molecule is CCSCc1cc2cccc(Cl)c2s1. The molecule has 74 valence electrons. The van der Waals surface area contributed by atoms with Gasteiger partial charge >= 0.3 is 0 Å². The van der Waals surface area contributed by atoms with E-state index in [1.54, 1.807) is 0 Å². The third-order valence-corrected chi connectivity index (χ3v) is 4.71. The number of fused-ring (bicyclic) bond motifs is 1. The number of benzene rings is 1. The molecule has 1 aromatic heterocycles. The monoisotopic (exact) mass is 242 g/mol. The number of halogens is 1. The van der Waals surface area contributed by atoms with E-state index < -0.39 is 0 Å². The van der Waals surface area contributed by atoms with Crippen molar-refractivity contribution in [1.29, 1.82) is 0 Å². The molecular weight excluding hydrogens is 232 g/mol.